The van der Waals surface area contributed by atoms with Crippen LogP contribution >= 0.6 is 0 Å². The summed E-state index contributed by atoms with van der Waals surface area (Å²) in [6.07, 6.45) is 0.0236. The lowest BCUT2D eigenvalue weighted by atomic mass is 10.1. The lowest BCUT2D eigenvalue weighted by molar-refractivity contribution is -0.124. The van der Waals surface area contributed by atoms with Gasteiger partial charge in [-0.1, -0.05) is 0 Å². The second kappa shape index (κ2) is 7.60. The fourth-order valence-electron chi connectivity index (χ4n) is 1.74. The predicted octanol–water partition coefficient (Wildman–Crippen LogP) is -1.20. The summed E-state index contributed by atoms with van der Waals surface area (Å²) in [5.74, 6) is 0.0207. The highest BCUT2D eigenvalue weighted by Gasteiger charge is 2.24. The van der Waals surface area contributed by atoms with Gasteiger partial charge in [-0.3, -0.25) is 9.69 Å². The Balaban J connectivity index is 2.23. The Morgan fingerprint density at radius 1 is 1.71 bits per heavy atom. The van der Waals surface area contributed by atoms with Gasteiger partial charge in [0, 0.05) is 32.8 Å². The molecule has 1 rings (SSSR count). The van der Waals surface area contributed by atoms with Crippen molar-refractivity contribution in [2.45, 2.75) is 19.1 Å². The molecule has 1 heterocycles. The number of carbonyl (C=O) groups is 1. The molecule has 1 amide bonds. The zero-order valence-electron chi connectivity index (χ0n) is 10.6. The van der Waals surface area contributed by atoms with Crippen LogP contribution in [0.4, 0.5) is 0 Å². The van der Waals surface area contributed by atoms with Crippen molar-refractivity contribution in [3.05, 3.63) is 0 Å². The number of ether oxygens (including phenoxy) is 2. The Hall–Kier alpha value is -0.690. The summed E-state index contributed by atoms with van der Waals surface area (Å²) >= 11 is 0. The van der Waals surface area contributed by atoms with E-state index in [1.54, 1.807) is 7.11 Å². The molecule has 100 valence electrons. The van der Waals surface area contributed by atoms with Crippen molar-refractivity contribution in [1.29, 1.82) is 0 Å². The third kappa shape index (κ3) is 5.45. The molecule has 0 bridgehead atoms. The van der Waals surface area contributed by atoms with Gasteiger partial charge in [0.05, 0.1) is 25.9 Å². The molecule has 2 unspecified atom stereocenters. The Bertz CT molecular complexity index is 236. The van der Waals surface area contributed by atoms with Crippen molar-refractivity contribution in [3.8, 4) is 0 Å². The van der Waals surface area contributed by atoms with Gasteiger partial charge in [0.2, 0.25) is 5.91 Å². The first-order chi connectivity index (χ1) is 8.13. The van der Waals surface area contributed by atoms with Crippen molar-refractivity contribution in [2.24, 2.45) is 5.73 Å². The van der Waals surface area contributed by atoms with E-state index in [1.807, 2.05) is 6.92 Å². The highest BCUT2D eigenvalue weighted by molar-refractivity contribution is 5.77. The van der Waals surface area contributed by atoms with Gasteiger partial charge in [-0.25, -0.2) is 0 Å². The van der Waals surface area contributed by atoms with E-state index in [9.17, 15) is 4.79 Å². The van der Waals surface area contributed by atoms with E-state index in [-0.39, 0.29) is 18.1 Å². The zero-order chi connectivity index (χ0) is 12.7. The number of rotatable bonds is 6. The summed E-state index contributed by atoms with van der Waals surface area (Å²) < 4.78 is 10.4. The number of nitrogens with zero attached hydrogens (tertiary/aromatic N) is 1. The quantitative estimate of drug-likeness (QED) is 0.575. The molecule has 6 heteroatoms. The summed E-state index contributed by atoms with van der Waals surface area (Å²) in [6.45, 7) is 5.55. The Kier molecular flexibility index (Phi) is 6.43. The van der Waals surface area contributed by atoms with Crippen LogP contribution in [0.3, 0.4) is 0 Å². The molecule has 0 radical (unpaired) electrons. The predicted molar refractivity (Wildman–Crippen MR) is 64.7 cm³/mol. The summed E-state index contributed by atoms with van der Waals surface area (Å²) in [4.78, 5) is 13.7. The topological polar surface area (TPSA) is 76.8 Å². The standard InChI is InChI=1S/C11H23N3O3/c1-9(12)10-7-14(4-6-17-10)8-11(15)13-3-5-16-2/h9-10H,3-8,12H2,1-2H3,(H,13,15). The average molecular weight is 245 g/mol. The van der Waals surface area contributed by atoms with E-state index in [4.69, 9.17) is 15.2 Å². The number of nitrogens with two attached hydrogens (primary N) is 1. The first kappa shape index (κ1) is 14.4. The average Bonchev–Trinajstić information content (AvgIpc) is 2.29. The molecule has 6 nitrogen and oxygen atoms in total. The van der Waals surface area contributed by atoms with E-state index in [0.717, 1.165) is 13.1 Å². The van der Waals surface area contributed by atoms with Crippen LogP contribution in [0.25, 0.3) is 0 Å². The maximum Gasteiger partial charge on any atom is 0.234 e. The van der Waals surface area contributed by atoms with Crippen molar-refractivity contribution in [1.82, 2.24) is 10.2 Å². The molecule has 0 aromatic carbocycles. The van der Waals surface area contributed by atoms with E-state index >= 15 is 0 Å². The number of carbonyl (C=O) groups excluding carboxylic acids is 1. The molecule has 0 aliphatic carbocycles. The van der Waals surface area contributed by atoms with Gasteiger partial charge < -0.3 is 20.5 Å². The SMILES string of the molecule is COCCNC(=O)CN1CCOC(C(C)N)C1. The molecule has 1 saturated heterocycles. The Morgan fingerprint density at radius 3 is 3.12 bits per heavy atom. The van der Waals surface area contributed by atoms with Crippen LogP contribution in [0.2, 0.25) is 0 Å². The van der Waals surface area contributed by atoms with Crippen LogP contribution in [0.1, 0.15) is 6.92 Å². The molecule has 0 aromatic heterocycles. The molecule has 2 atom stereocenters. The molecule has 17 heavy (non-hydrogen) atoms. The fourth-order valence-corrected chi connectivity index (χ4v) is 1.74. The van der Waals surface area contributed by atoms with Crippen LogP contribution in [-0.2, 0) is 14.3 Å². The van der Waals surface area contributed by atoms with Gasteiger partial charge in [-0.15, -0.1) is 0 Å². The number of hydrogen-bond acceptors (Lipinski definition) is 5. The third-order valence-corrected chi connectivity index (χ3v) is 2.76. The number of methoxy groups -OCH3 is 1. The van der Waals surface area contributed by atoms with E-state index in [2.05, 4.69) is 10.2 Å². The summed E-state index contributed by atoms with van der Waals surface area (Å²) in [6, 6.07) is -0.00523. The number of hydrogen-bond donors (Lipinski definition) is 2. The first-order valence-electron chi connectivity index (χ1n) is 5.98. The van der Waals surface area contributed by atoms with Gasteiger partial charge in [0.25, 0.3) is 0 Å². The molecule has 1 aliphatic rings. The minimum atomic E-state index is -0.00523. The molecule has 3 N–H and O–H groups in total. The normalized spacial score (nSPS) is 23.4. The monoisotopic (exact) mass is 245 g/mol. The number of amides is 1. The summed E-state index contributed by atoms with van der Waals surface area (Å²) in [5, 5.41) is 2.80. The maximum absolute atomic E-state index is 11.6. The van der Waals surface area contributed by atoms with Crippen LogP contribution < -0.4 is 11.1 Å². The molecule has 1 fully saturated rings. The van der Waals surface area contributed by atoms with Crippen LogP contribution in [0.15, 0.2) is 0 Å². The summed E-state index contributed by atoms with van der Waals surface area (Å²) in [5.41, 5.74) is 5.79. The van der Waals surface area contributed by atoms with Gasteiger partial charge in [-0.05, 0) is 6.92 Å². The van der Waals surface area contributed by atoms with Crippen molar-refractivity contribution < 1.29 is 14.3 Å². The Labute approximate surface area is 102 Å². The fraction of sp³-hybridized carbons (Fsp3) is 0.909. The third-order valence-electron chi connectivity index (χ3n) is 2.76. The molecular weight excluding hydrogens is 222 g/mol. The lowest BCUT2D eigenvalue weighted by Gasteiger charge is -2.34. The van der Waals surface area contributed by atoms with Gasteiger partial charge in [0.1, 0.15) is 0 Å². The largest absolute Gasteiger partial charge is 0.383 e. The molecule has 0 aromatic rings. The first-order valence-corrected chi connectivity index (χ1v) is 5.98. The molecule has 0 saturated carbocycles. The van der Waals surface area contributed by atoms with Crippen molar-refractivity contribution in [2.75, 3.05) is 46.5 Å². The van der Waals surface area contributed by atoms with Gasteiger partial charge in [-0.2, -0.15) is 0 Å². The molecule has 0 spiro atoms. The maximum atomic E-state index is 11.6. The smallest absolute Gasteiger partial charge is 0.234 e. The van der Waals surface area contributed by atoms with Crippen LogP contribution in [-0.4, -0.2) is 69.5 Å². The second-order valence-corrected chi connectivity index (χ2v) is 4.35. The highest BCUT2D eigenvalue weighted by Crippen LogP contribution is 2.07. The minimum absolute atomic E-state index is 0.00523. The van der Waals surface area contributed by atoms with Crippen molar-refractivity contribution >= 4 is 5.91 Å². The second-order valence-electron chi connectivity index (χ2n) is 4.35. The van der Waals surface area contributed by atoms with E-state index < -0.39 is 0 Å². The van der Waals surface area contributed by atoms with E-state index in [0.29, 0.717) is 26.3 Å². The number of morpholine rings is 1. The lowest BCUT2D eigenvalue weighted by Crippen LogP contribution is -2.52. The van der Waals surface area contributed by atoms with Gasteiger partial charge in [0.15, 0.2) is 0 Å². The van der Waals surface area contributed by atoms with Crippen molar-refractivity contribution in [3.63, 3.8) is 0 Å². The number of nitrogens with one attached hydrogen (secondary N) is 1. The summed E-state index contributed by atoms with van der Waals surface area (Å²) in [7, 11) is 1.61. The zero-order valence-corrected chi connectivity index (χ0v) is 10.6. The van der Waals surface area contributed by atoms with E-state index in [1.165, 1.54) is 0 Å². The molecular formula is C11H23N3O3. The molecule has 1 aliphatic heterocycles. The van der Waals surface area contributed by atoms with Crippen LogP contribution in [0.5, 0.6) is 0 Å². The highest BCUT2D eigenvalue weighted by atomic mass is 16.5. The Morgan fingerprint density at radius 2 is 2.47 bits per heavy atom. The van der Waals surface area contributed by atoms with Crippen LogP contribution in [0, 0.1) is 0 Å². The minimum Gasteiger partial charge on any atom is -0.383 e. The van der Waals surface area contributed by atoms with Gasteiger partial charge >= 0.3 is 0 Å².